The maximum absolute atomic E-state index is 12.4. The number of nitrogens with one attached hydrogen (secondary N) is 2. The van der Waals surface area contributed by atoms with Crippen molar-refractivity contribution < 1.29 is 4.79 Å². The molecule has 1 amide bonds. The Balaban J connectivity index is 1.95. The van der Waals surface area contributed by atoms with Crippen LogP contribution in [-0.2, 0) is 11.3 Å². The lowest BCUT2D eigenvalue weighted by atomic mass is 9.86. The van der Waals surface area contributed by atoms with Crippen molar-refractivity contribution in [1.82, 2.24) is 20.1 Å². The van der Waals surface area contributed by atoms with E-state index in [9.17, 15) is 9.59 Å². The van der Waals surface area contributed by atoms with Crippen LogP contribution >= 0.6 is 11.8 Å². The Morgan fingerprint density at radius 1 is 1.50 bits per heavy atom. The molecule has 0 bridgehead atoms. The Hall–Kier alpha value is -1.24. The third-order valence-corrected chi connectivity index (χ3v) is 5.35. The molecule has 1 aromatic heterocycles. The van der Waals surface area contributed by atoms with Crippen LogP contribution in [0.1, 0.15) is 52.9 Å². The fourth-order valence-electron chi connectivity index (χ4n) is 2.86. The number of hydrogen-bond donors (Lipinski definition) is 2. The van der Waals surface area contributed by atoms with Gasteiger partial charge in [-0.25, -0.2) is 9.89 Å². The molecule has 0 aliphatic heterocycles. The van der Waals surface area contributed by atoms with E-state index >= 15 is 0 Å². The van der Waals surface area contributed by atoms with Crippen LogP contribution in [0.15, 0.2) is 9.95 Å². The van der Waals surface area contributed by atoms with Crippen LogP contribution < -0.4 is 11.0 Å². The van der Waals surface area contributed by atoms with E-state index in [1.165, 1.54) is 31.0 Å². The molecule has 0 spiro atoms. The molecule has 2 N–H and O–H groups in total. The first-order valence-corrected chi connectivity index (χ1v) is 9.03. The van der Waals surface area contributed by atoms with Crippen molar-refractivity contribution >= 4 is 17.7 Å². The predicted molar refractivity (Wildman–Crippen MR) is 88.0 cm³/mol. The molecular formula is C15H26N4O2S. The van der Waals surface area contributed by atoms with Gasteiger partial charge < -0.3 is 5.32 Å². The normalized spacial score (nSPS) is 23.2. The van der Waals surface area contributed by atoms with Crippen LogP contribution in [0, 0.1) is 5.92 Å². The zero-order chi connectivity index (χ0) is 16.1. The van der Waals surface area contributed by atoms with Crippen molar-refractivity contribution in [3.63, 3.8) is 0 Å². The van der Waals surface area contributed by atoms with Gasteiger partial charge in [-0.1, -0.05) is 38.5 Å². The highest BCUT2D eigenvalue weighted by Crippen LogP contribution is 2.25. The standard InChI is InChI=1S/C15H26N4O2S/c1-4-9-19-14(21)17-18-15(19)22-11(3)13(20)16-12-8-6-5-7-10(12)2/h10-12H,4-9H2,1-3H3,(H,16,20)(H,17,21)/t10-,11+,12+/m0/s1. The third kappa shape index (κ3) is 4.15. The molecule has 3 atom stereocenters. The summed E-state index contributed by atoms with van der Waals surface area (Å²) in [5.74, 6) is 0.570. The summed E-state index contributed by atoms with van der Waals surface area (Å²) in [4.78, 5) is 24.1. The second-order valence-electron chi connectivity index (χ2n) is 6.10. The third-order valence-electron chi connectivity index (χ3n) is 4.26. The molecule has 1 aliphatic rings. The molecule has 1 aliphatic carbocycles. The molecule has 1 saturated carbocycles. The van der Waals surface area contributed by atoms with E-state index in [0.717, 1.165) is 12.8 Å². The van der Waals surface area contributed by atoms with Gasteiger partial charge in [0.2, 0.25) is 5.91 Å². The molecule has 7 heteroatoms. The highest BCUT2D eigenvalue weighted by Gasteiger charge is 2.26. The molecule has 6 nitrogen and oxygen atoms in total. The van der Waals surface area contributed by atoms with Crippen LogP contribution in [0.25, 0.3) is 0 Å². The Morgan fingerprint density at radius 3 is 2.91 bits per heavy atom. The van der Waals surface area contributed by atoms with Crippen molar-refractivity contribution in [2.45, 2.75) is 75.9 Å². The van der Waals surface area contributed by atoms with Crippen LogP contribution in [-0.4, -0.2) is 32.0 Å². The Labute approximate surface area is 135 Å². The number of aromatic amines is 1. The minimum Gasteiger partial charge on any atom is -0.352 e. The number of amides is 1. The van der Waals surface area contributed by atoms with Gasteiger partial charge >= 0.3 is 5.69 Å². The smallest absolute Gasteiger partial charge is 0.343 e. The fourth-order valence-corrected chi connectivity index (χ4v) is 3.75. The first kappa shape index (κ1) is 17.1. The van der Waals surface area contributed by atoms with Gasteiger partial charge in [0.25, 0.3) is 0 Å². The lowest BCUT2D eigenvalue weighted by Gasteiger charge is -2.30. The number of rotatable bonds is 6. The van der Waals surface area contributed by atoms with Gasteiger partial charge in [0.1, 0.15) is 0 Å². The molecule has 1 heterocycles. The number of aromatic nitrogens is 3. The molecule has 2 rings (SSSR count). The van der Waals surface area contributed by atoms with Crippen LogP contribution in [0.4, 0.5) is 0 Å². The second kappa shape index (κ2) is 7.85. The van der Waals surface area contributed by atoms with E-state index < -0.39 is 0 Å². The maximum Gasteiger partial charge on any atom is 0.343 e. The summed E-state index contributed by atoms with van der Waals surface area (Å²) in [6, 6.07) is 0.279. The second-order valence-corrected chi connectivity index (χ2v) is 7.41. The number of thioether (sulfide) groups is 1. The Kier molecular flexibility index (Phi) is 6.11. The van der Waals surface area contributed by atoms with Gasteiger partial charge in [-0.2, -0.15) is 0 Å². The molecule has 0 unspecified atom stereocenters. The zero-order valence-corrected chi connectivity index (χ0v) is 14.4. The molecule has 1 fully saturated rings. The topological polar surface area (TPSA) is 79.8 Å². The van der Waals surface area contributed by atoms with Crippen LogP contribution in [0.3, 0.4) is 0 Å². The Bertz CT molecular complexity index is 554. The molecule has 0 saturated heterocycles. The molecule has 22 heavy (non-hydrogen) atoms. The van der Waals surface area contributed by atoms with Crippen molar-refractivity contribution in [1.29, 1.82) is 0 Å². The van der Waals surface area contributed by atoms with Crippen LogP contribution in [0.5, 0.6) is 0 Å². The summed E-state index contributed by atoms with van der Waals surface area (Å²) in [5.41, 5.74) is -0.210. The minimum atomic E-state index is -0.264. The summed E-state index contributed by atoms with van der Waals surface area (Å²) in [6.07, 6.45) is 5.54. The monoisotopic (exact) mass is 326 g/mol. The van der Waals surface area contributed by atoms with Gasteiger partial charge in [0, 0.05) is 12.6 Å². The first-order valence-electron chi connectivity index (χ1n) is 8.15. The number of hydrogen-bond acceptors (Lipinski definition) is 4. The molecular weight excluding hydrogens is 300 g/mol. The number of carbonyl (C=O) groups is 1. The van der Waals surface area contributed by atoms with Gasteiger partial charge in [0.15, 0.2) is 5.16 Å². The SMILES string of the molecule is CCCn1c(S[C@H](C)C(=O)N[C@@H]2CCCC[C@@H]2C)n[nH]c1=O. The largest absolute Gasteiger partial charge is 0.352 e. The van der Waals surface area contributed by atoms with Crippen molar-refractivity contribution in [3.8, 4) is 0 Å². The highest BCUT2D eigenvalue weighted by atomic mass is 32.2. The average Bonchev–Trinajstić information content (AvgIpc) is 2.83. The number of H-pyrrole nitrogens is 1. The highest BCUT2D eigenvalue weighted by molar-refractivity contribution is 8.00. The van der Waals surface area contributed by atoms with E-state index in [1.807, 2.05) is 13.8 Å². The molecule has 0 aromatic carbocycles. The number of carbonyl (C=O) groups excluding carboxylic acids is 1. The van der Waals surface area contributed by atoms with Crippen molar-refractivity contribution in [2.24, 2.45) is 5.92 Å². The minimum absolute atomic E-state index is 0.0299. The van der Waals surface area contributed by atoms with Crippen molar-refractivity contribution in [3.05, 3.63) is 10.5 Å². The molecule has 124 valence electrons. The zero-order valence-electron chi connectivity index (χ0n) is 13.6. The van der Waals surface area contributed by atoms with E-state index in [4.69, 9.17) is 0 Å². The first-order chi connectivity index (χ1) is 10.5. The number of nitrogens with zero attached hydrogens (tertiary/aromatic N) is 2. The van der Waals surface area contributed by atoms with E-state index in [1.54, 1.807) is 4.57 Å². The van der Waals surface area contributed by atoms with E-state index in [-0.39, 0.29) is 22.9 Å². The van der Waals surface area contributed by atoms with Crippen molar-refractivity contribution in [2.75, 3.05) is 0 Å². The summed E-state index contributed by atoms with van der Waals surface area (Å²) >= 11 is 1.34. The lowest BCUT2D eigenvalue weighted by molar-refractivity contribution is -0.121. The Morgan fingerprint density at radius 2 is 2.23 bits per heavy atom. The molecule has 0 radical (unpaired) electrons. The summed E-state index contributed by atoms with van der Waals surface area (Å²) in [5, 5.41) is 9.97. The average molecular weight is 326 g/mol. The van der Waals surface area contributed by atoms with E-state index in [0.29, 0.717) is 17.6 Å². The van der Waals surface area contributed by atoms with Gasteiger partial charge in [-0.05, 0) is 32.1 Å². The van der Waals surface area contributed by atoms with Crippen LogP contribution in [0.2, 0.25) is 0 Å². The van der Waals surface area contributed by atoms with Gasteiger partial charge in [-0.15, -0.1) is 5.10 Å². The maximum atomic E-state index is 12.4. The predicted octanol–water partition coefficient (Wildman–Crippen LogP) is 2.16. The summed E-state index contributed by atoms with van der Waals surface area (Å²) < 4.78 is 1.59. The molecule has 1 aromatic rings. The van der Waals surface area contributed by atoms with E-state index in [2.05, 4.69) is 22.4 Å². The van der Waals surface area contributed by atoms with Gasteiger partial charge in [-0.3, -0.25) is 9.36 Å². The quantitative estimate of drug-likeness (QED) is 0.785. The summed E-state index contributed by atoms with van der Waals surface area (Å²) in [7, 11) is 0. The fraction of sp³-hybridized carbons (Fsp3) is 0.800. The lowest BCUT2D eigenvalue weighted by Crippen LogP contribution is -2.44. The summed E-state index contributed by atoms with van der Waals surface area (Å²) in [6.45, 7) is 6.69. The van der Waals surface area contributed by atoms with Gasteiger partial charge in [0.05, 0.1) is 5.25 Å².